The molecule has 0 heterocycles. The molecule has 2 unspecified atom stereocenters. The minimum atomic E-state index is -0.336. The van der Waals surface area contributed by atoms with Gasteiger partial charge in [0.2, 0.25) is 0 Å². The van der Waals surface area contributed by atoms with E-state index < -0.39 is 0 Å². The number of ether oxygens (including phenoxy) is 1. The number of rotatable bonds is 2. The first kappa shape index (κ1) is 12.0. The number of aliphatic hydroxyl groups excluding tert-OH is 2. The number of hydrogen-bond donors (Lipinski definition) is 2. The third-order valence-electron chi connectivity index (χ3n) is 4.12. The summed E-state index contributed by atoms with van der Waals surface area (Å²) < 4.78 is 5.90. The van der Waals surface area contributed by atoms with Crippen LogP contribution in [0, 0.1) is 0 Å². The fourth-order valence-corrected chi connectivity index (χ4v) is 3.03. The first-order chi connectivity index (χ1) is 8.74. The fourth-order valence-electron chi connectivity index (χ4n) is 3.03. The molecule has 1 saturated carbocycles. The molecule has 0 bridgehead atoms. The summed E-state index contributed by atoms with van der Waals surface area (Å²) in [6.45, 7) is 0. The fraction of sp³-hybridized carbons (Fsp3) is 0.600. The monoisotopic (exact) mass is 248 g/mol. The summed E-state index contributed by atoms with van der Waals surface area (Å²) in [5.41, 5.74) is 2.22. The lowest BCUT2D eigenvalue weighted by Crippen LogP contribution is -2.34. The van der Waals surface area contributed by atoms with Crippen LogP contribution < -0.4 is 4.74 Å². The van der Waals surface area contributed by atoms with Gasteiger partial charge in [-0.15, -0.1) is 0 Å². The van der Waals surface area contributed by atoms with Crippen LogP contribution in [0.5, 0.6) is 5.75 Å². The van der Waals surface area contributed by atoms with E-state index in [1.807, 2.05) is 18.2 Å². The van der Waals surface area contributed by atoms with Crippen molar-refractivity contribution in [3.63, 3.8) is 0 Å². The van der Waals surface area contributed by atoms with Gasteiger partial charge in [-0.3, -0.25) is 0 Å². The Morgan fingerprint density at radius 3 is 2.72 bits per heavy atom. The molecule has 0 saturated heterocycles. The normalized spacial score (nSPS) is 31.1. The van der Waals surface area contributed by atoms with Gasteiger partial charge in [0.15, 0.2) is 0 Å². The minimum Gasteiger partial charge on any atom is -0.488 e. The van der Waals surface area contributed by atoms with Crippen molar-refractivity contribution in [2.24, 2.45) is 0 Å². The van der Waals surface area contributed by atoms with E-state index in [1.54, 1.807) is 0 Å². The van der Waals surface area contributed by atoms with Crippen LogP contribution >= 0.6 is 0 Å². The van der Waals surface area contributed by atoms with E-state index >= 15 is 0 Å². The summed E-state index contributed by atoms with van der Waals surface area (Å²) in [6, 6.07) is 5.89. The van der Waals surface area contributed by atoms with Crippen LogP contribution in [-0.2, 0) is 6.42 Å². The van der Waals surface area contributed by atoms with Crippen molar-refractivity contribution in [2.45, 2.75) is 56.8 Å². The highest BCUT2D eigenvalue weighted by atomic mass is 16.5. The van der Waals surface area contributed by atoms with Crippen molar-refractivity contribution in [3.05, 3.63) is 29.3 Å². The molecule has 2 N–H and O–H groups in total. The van der Waals surface area contributed by atoms with E-state index in [1.165, 1.54) is 5.56 Å². The maximum absolute atomic E-state index is 9.90. The maximum Gasteiger partial charge on any atom is 0.124 e. The molecule has 98 valence electrons. The molecule has 0 amide bonds. The molecule has 2 aliphatic carbocycles. The van der Waals surface area contributed by atoms with Crippen molar-refractivity contribution >= 4 is 0 Å². The molecule has 3 nitrogen and oxygen atoms in total. The van der Waals surface area contributed by atoms with Gasteiger partial charge in [0.1, 0.15) is 11.9 Å². The lowest BCUT2D eigenvalue weighted by atomic mass is 9.95. The van der Waals surface area contributed by atoms with Crippen LogP contribution in [0.25, 0.3) is 0 Å². The van der Waals surface area contributed by atoms with Crippen LogP contribution in [0.4, 0.5) is 0 Å². The highest BCUT2D eigenvalue weighted by Gasteiger charge is 2.26. The van der Waals surface area contributed by atoms with Gasteiger partial charge >= 0.3 is 0 Å². The highest BCUT2D eigenvalue weighted by molar-refractivity contribution is 5.40. The number of benzene rings is 1. The Labute approximate surface area is 107 Å². The third-order valence-corrected chi connectivity index (χ3v) is 4.12. The van der Waals surface area contributed by atoms with Gasteiger partial charge in [0, 0.05) is 0 Å². The zero-order chi connectivity index (χ0) is 12.5. The summed E-state index contributed by atoms with van der Waals surface area (Å²) in [7, 11) is 0. The van der Waals surface area contributed by atoms with Gasteiger partial charge in [-0.2, -0.15) is 0 Å². The quantitative estimate of drug-likeness (QED) is 0.844. The Hall–Kier alpha value is -1.06. The van der Waals surface area contributed by atoms with E-state index in [4.69, 9.17) is 4.74 Å². The van der Waals surface area contributed by atoms with E-state index in [-0.39, 0.29) is 18.3 Å². The topological polar surface area (TPSA) is 49.7 Å². The standard InChI is InChI=1S/C15H20O3/c16-13-8-5-10-9-11(6-7-12(10)13)18-15-4-2-1-3-14(15)17/h6-7,9,13-17H,1-5,8H2/t13-,14?,15?/m0/s1. The Morgan fingerprint density at radius 1 is 1.06 bits per heavy atom. The van der Waals surface area contributed by atoms with Gasteiger partial charge in [-0.25, -0.2) is 0 Å². The lowest BCUT2D eigenvalue weighted by molar-refractivity contribution is 0.00683. The van der Waals surface area contributed by atoms with Gasteiger partial charge in [0.25, 0.3) is 0 Å². The molecule has 2 aliphatic rings. The molecule has 3 rings (SSSR count). The summed E-state index contributed by atoms with van der Waals surface area (Å²) in [5.74, 6) is 0.828. The van der Waals surface area contributed by atoms with Gasteiger partial charge < -0.3 is 14.9 Å². The predicted octanol–water partition coefficient (Wildman–Crippen LogP) is 2.35. The number of aryl methyl sites for hydroxylation is 1. The first-order valence-corrected chi connectivity index (χ1v) is 6.89. The molecule has 1 aromatic carbocycles. The van der Waals surface area contributed by atoms with Crippen LogP contribution in [0.1, 0.15) is 49.3 Å². The molecule has 0 aromatic heterocycles. The first-order valence-electron chi connectivity index (χ1n) is 6.89. The Kier molecular flexibility index (Phi) is 3.27. The maximum atomic E-state index is 9.90. The second-order valence-electron chi connectivity index (χ2n) is 5.42. The van der Waals surface area contributed by atoms with Gasteiger partial charge in [0.05, 0.1) is 12.2 Å². The van der Waals surface area contributed by atoms with E-state index in [2.05, 4.69) is 0 Å². The molecule has 0 aliphatic heterocycles. The van der Waals surface area contributed by atoms with Gasteiger partial charge in [-0.05, 0) is 55.4 Å². The molecule has 1 fully saturated rings. The third kappa shape index (κ3) is 2.25. The Morgan fingerprint density at radius 2 is 1.89 bits per heavy atom. The smallest absolute Gasteiger partial charge is 0.124 e. The Balaban J connectivity index is 1.73. The number of hydrogen-bond acceptors (Lipinski definition) is 3. The molecule has 0 spiro atoms. The van der Waals surface area contributed by atoms with Crippen LogP contribution in [-0.4, -0.2) is 22.4 Å². The van der Waals surface area contributed by atoms with Crippen LogP contribution in [0.3, 0.4) is 0 Å². The van der Waals surface area contributed by atoms with Crippen molar-refractivity contribution in [3.8, 4) is 5.75 Å². The van der Waals surface area contributed by atoms with Crippen LogP contribution in [0.2, 0.25) is 0 Å². The molecule has 3 heteroatoms. The molecule has 18 heavy (non-hydrogen) atoms. The van der Waals surface area contributed by atoms with E-state index in [0.29, 0.717) is 0 Å². The number of fused-ring (bicyclic) bond motifs is 1. The van der Waals surface area contributed by atoms with Crippen molar-refractivity contribution in [1.29, 1.82) is 0 Å². The lowest BCUT2D eigenvalue weighted by Gasteiger charge is -2.28. The zero-order valence-corrected chi connectivity index (χ0v) is 10.5. The van der Waals surface area contributed by atoms with Gasteiger partial charge in [-0.1, -0.05) is 12.5 Å². The zero-order valence-electron chi connectivity index (χ0n) is 10.5. The SMILES string of the molecule is OC1CCCCC1Oc1ccc2c(c1)CC[C@@H]2O. The van der Waals surface area contributed by atoms with Crippen molar-refractivity contribution in [1.82, 2.24) is 0 Å². The summed E-state index contributed by atoms with van der Waals surface area (Å²) in [4.78, 5) is 0. The molecular weight excluding hydrogens is 228 g/mol. The largest absolute Gasteiger partial charge is 0.488 e. The predicted molar refractivity (Wildman–Crippen MR) is 68.6 cm³/mol. The average Bonchev–Trinajstić information content (AvgIpc) is 2.74. The summed E-state index contributed by atoms with van der Waals surface area (Å²) >= 11 is 0. The Bertz CT molecular complexity index is 430. The van der Waals surface area contributed by atoms with Crippen LogP contribution in [0.15, 0.2) is 18.2 Å². The second kappa shape index (κ2) is 4.90. The average molecular weight is 248 g/mol. The summed E-state index contributed by atoms with van der Waals surface area (Å²) in [6.07, 6.45) is 5.01. The second-order valence-corrected chi connectivity index (χ2v) is 5.42. The highest BCUT2D eigenvalue weighted by Crippen LogP contribution is 2.34. The molecule has 1 aromatic rings. The summed E-state index contributed by atoms with van der Waals surface area (Å²) in [5, 5.41) is 19.7. The molecular formula is C15H20O3. The number of aliphatic hydroxyl groups is 2. The molecule has 0 radical (unpaired) electrons. The van der Waals surface area contributed by atoms with E-state index in [9.17, 15) is 10.2 Å². The van der Waals surface area contributed by atoms with Crippen molar-refractivity contribution in [2.75, 3.05) is 0 Å². The van der Waals surface area contributed by atoms with E-state index in [0.717, 1.165) is 49.8 Å². The molecule has 3 atom stereocenters. The minimum absolute atomic E-state index is 0.0665. The van der Waals surface area contributed by atoms with Crippen molar-refractivity contribution < 1.29 is 14.9 Å².